The number of aliphatic carboxylic acids is 1. The summed E-state index contributed by atoms with van der Waals surface area (Å²) in [6, 6.07) is 0. The topological polar surface area (TPSA) is 111 Å². The molecule has 0 spiro atoms. The summed E-state index contributed by atoms with van der Waals surface area (Å²) in [6.45, 7) is 4.59. The van der Waals surface area contributed by atoms with Gasteiger partial charge in [-0.3, -0.25) is 9.59 Å². The largest absolute Gasteiger partial charge is 0.545 e. The number of carbonyl (C=O) groups excluding carboxylic acids is 3. The Hall–Kier alpha value is -4.57. The maximum Gasteiger partial charge on any atom is 0.306 e. The molecule has 9 nitrogen and oxygen atoms in total. The van der Waals surface area contributed by atoms with Crippen LogP contribution in [-0.2, 0) is 33.3 Å². The highest BCUT2D eigenvalue weighted by Gasteiger charge is 2.22. The van der Waals surface area contributed by atoms with E-state index in [-0.39, 0.29) is 38.6 Å². The van der Waals surface area contributed by atoms with E-state index in [1.54, 1.807) is 0 Å². The number of likely N-dealkylation sites (N-methyl/N-ethyl adjacent to an activating group) is 1. The van der Waals surface area contributed by atoms with Crippen molar-refractivity contribution in [3.8, 4) is 0 Å². The van der Waals surface area contributed by atoms with Gasteiger partial charge in [-0.1, -0.05) is 244 Å². The third kappa shape index (κ3) is 61.1. The number of hydrogen-bond donors (Lipinski definition) is 0. The number of nitrogens with zero attached hydrogens (tertiary/aromatic N) is 1. The number of allylic oxidation sites excluding steroid dienone is 22. The van der Waals surface area contributed by atoms with E-state index in [1.165, 1.54) is 83.5 Å². The van der Waals surface area contributed by atoms with E-state index < -0.39 is 24.3 Å². The lowest BCUT2D eigenvalue weighted by Crippen LogP contribution is -2.44. The molecule has 80 heavy (non-hydrogen) atoms. The molecular weight excluding hydrogens is 995 g/mol. The molecule has 0 aliphatic heterocycles. The Kier molecular flexibility index (Phi) is 57.1. The van der Waals surface area contributed by atoms with Crippen LogP contribution in [0.2, 0.25) is 0 Å². The van der Waals surface area contributed by atoms with E-state index in [1.807, 2.05) is 21.1 Å². The first-order valence-electron chi connectivity index (χ1n) is 31.8. The summed E-state index contributed by atoms with van der Waals surface area (Å²) in [7, 11) is 5.91. The molecule has 2 unspecified atom stereocenters. The summed E-state index contributed by atoms with van der Waals surface area (Å²) in [5, 5.41) is 11.8. The average molecular weight is 1110 g/mol. The Bertz CT molecular complexity index is 1770. The van der Waals surface area contributed by atoms with Gasteiger partial charge in [0, 0.05) is 12.8 Å². The minimum absolute atomic E-state index is 0.139. The molecule has 454 valence electrons. The van der Waals surface area contributed by atoms with Gasteiger partial charge in [-0.05, 0) is 116 Å². The first kappa shape index (κ1) is 75.4. The molecule has 0 amide bonds. The van der Waals surface area contributed by atoms with Crippen molar-refractivity contribution in [3.63, 3.8) is 0 Å². The first-order valence-corrected chi connectivity index (χ1v) is 31.8. The Morgan fingerprint density at radius 3 is 1.06 bits per heavy atom. The van der Waals surface area contributed by atoms with Crippen molar-refractivity contribution in [2.75, 3.05) is 47.5 Å². The minimum atomic E-state index is -1.63. The van der Waals surface area contributed by atoms with Gasteiger partial charge in [-0.2, -0.15) is 0 Å². The van der Waals surface area contributed by atoms with Crippen LogP contribution in [0.4, 0.5) is 0 Å². The van der Waals surface area contributed by atoms with Crippen LogP contribution in [0.5, 0.6) is 0 Å². The Balaban J connectivity index is 4.21. The van der Waals surface area contributed by atoms with Crippen LogP contribution in [0, 0.1) is 0 Å². The molecule has 0 aliphatic rings. The second kappa shape index (κ2) is 60.5. The maximum absolute atomic E-state index is 12.9. The van der Waals surface area contributed by atoms with Gasteiger partial charge >= 0.3 is 11.9 Å². The molecule has 0 N–H and O–H groups in total. The SMILES string of the molecule is CC/C=C\C/C=C\C/C=C\C/C=C\C/C=C\C/C=C\C/C=C\C/C=C\C/C=C\CCCCCCCCCCCC(=O)OC(COC(=O)CCCCCCCCC/C=C\C/C=C\CCCCCC)COC(OCC[N+](C)(C)C)C(=O)[O-]. The zero-order chi connectivity index (χ0) is 58.3. The molecule has 0 saturated carbocycles. The van der Waals surface area contributed by atoms with Gasteiger partial charge in [-0.25, -0.2) is 0 Å². The van der Waals surface area contributed by atoms with Crippen LogP contribution in [0.3, 0.4) is 0 Å². The molecule has 0 rings (SSSR count). The maximum atomic E-state index is 12.9. The first-order chi connectivity index (χ1) is 39.1. The molecule has 0 aromatic carbocycles. The van der Waals surface area contributed by atoms with Crippen LogP contribution >= 0.6 is 0 Å². The van der Waals surface area contributed by atoms with Crippen LogP contribution in [0.15, 0.2) is 134 Å². The summed E-state index contributed by atoms with van der Waals surface area (Å²) >= 11 is 0. The van der Waals surface area contributed by atoms with Gasteiger partial charge in [0.05, 0.1) is 40.3 Å². The number of quaternary nitrogens is 1. The molecule has 0 bridgehead atoms. The van der Waals surface area contributed by atoms with Crippen LogP contribution in [0.1, 0.15) is 239 Å². The highest BCUT2D eigenvalue weighted by Crippen LogP contribution is 2.15. The lowest BCUT2D eigenvalue weighted by molar-refractivity contribution is -0.870. The van der Waals surface area contributed by atoms with E-state index in [0.29, 0.717) is 17.4 Å². The number of carboxylic acid groups (broad SMARTS) is 1. The van der Waals surface area contributed by atoms with E-state index in [0.717, 1.165) is 122 Å². The number of esters is 2. The second-order valence-corrected chi connectivity index (χ2v) is 22.0. The predicted molar refractivity (Wildman–Crippen MR) is 338 cm³/mol. The molecule has 0 aromatic heterocycles. The van der Waals surface area contributed by atoms with Crippen molar-refractivity contribution >= 4 is 17.9 Å². The third-order valence-corrected chi connectivity index (χ3v) is 13.1. The fourth-order valence-electron chi connectivity index (χ4n) is 8.26. The van der Waals surface area contributed by atoms with Gasteiger partial charge in [0.15, 0.2) is 12.4 Å². The number of carbonyl (C=O) groups is 3. The van der Waals surface area contributed by atoms with Crippen molar-refractivity contribution in [1.29, 1.82) is 0 Å². The summed E-state index contributed by atoms with van der Waals surface area (Å²) in [5.74, 6) is -2.31. The number of unbranched alkanes of at least 4 members (excludes halogenated alkanes) is 20. The molecule has 0 aliphatic carbocycles. The number of carboxylic acids is 1. The van der Waals surface area contributed by atoms with E-state index in [4.69, 9.17) is 18.9 Å². The number of hydrogen-bond acceptors (Lipinski definition) is 8. The molecule has 0 aromatic rings. The lowest BCUT2D eigenvalue weighted by atomic mass is 10.1. The van der Waals surface area contributed by atoms with Crippen LogP contribution < -0.4 is 5.11 Å². The summed E-state index contributed by atoms with van der Waals surface area (Å²) in [5.41, 5.74) is 0. The van der Waals surface area contributed by atoms with E-state index >= 15 is 0 Å². The molecule has 2 atom stereocenters. The normalized spacial score (nSPS) is 13.7. The van der Waals surface area contributed by atoms with Gasteiger partial charge in [0.2, 0.25) is 0 Å². The predicted octanol–water partition coefficient (Wildman–Crippen LogP) is 18.1. The Labute approximate surface area is 490 Å². The smallest absolute Gasteiger partial charge is 0.306 e. The third-order valence-electron chi connectivity index (χ3n) is 13.1. The van der Waals surface area contributed by atoms with Crippen LogP contribution in [-0.4, -0.2) is 82.3 Å². The van der Waals surface area contributed by atoms with Crippen LogP contribution in [0.25, 0.3) is 0 Å². The molecule has 0 radical (unpaired) electrons. The fourth-order valence-corrected chi connectivity index (χ4v) is 8.26. The van der Waals surface area contributed by atoms with Crippen molar-refractivity contribution in [2.45, 2.75) is 251 Å². The molecule has 0 heterocycles. The highest BCUT2D eigenvalue weighted by atomic mass is 16.7. The quantitative estimate of drug-likeness (QED) is 0.0195. The summed E-state index contributed by atoms with van der Waals surface area (Å²) in [4.78, 5) is 37.4. The molecular formula is C71H117NO8. The Morgan fingerprint density at radius 1 is 0.388 bits per heavy atom. The van der Waals surface area contributed by atoms with Crippen molar-refractivity contribution in [1.82, 2.24) is 0 Å². The number of rotatable bonds is 57. The van der Waals surface area contributed by atoms with Gasteiger partial charge in [0.1, 0.15) is 13.2 Å². The van der Waals surface area contributed by atoms with Gasteiger partial charge in [-0.15, -0.1) is 0 Å². The average Bonchev–Trinajstić information content (AvgIpc) is 3.43. The molecule has 0 saturated heterocycles. The zero-order valence-electron chi connectivity index (χ0n) is 51.6. The molecule has 9 heteroatoms. The zero-order valence-corrected chi connectivity index (χ0v) is 51.6. The standard InChI is InChI=1S/C71H117NO8/c1-6-8-10-12-14-16-18-20-22-24-26-27-28-29-30-31-32-33-34-35-36-37-38-39-40-41-42-43-44-46-48-50-52-54-56-58-60-62-69(74)80-67(66-79-71(70(75)76)77-64-63-72(3,4)5)65-78-68(73)61-59-57-55-53-51-49-47-45-25-23-21-19-17-15-13-11-9-7-2/h8,10,14,16-17,19-20,22-23,25-27,29-30,32-33,35-36,38-39,41-42,67,71H,6-7,9,11-13,15,18,21,24,28,31,34,37,40,43-66H2,1-5H3/b10-8-,16-14-,19-17-,22-20-,25-23-,27-26-,30-29-,33-32-,36-35-,39-38-,42-41-. The van der Waals surface area contributed by atoms with Gasteiger partial charge < -0.3 is 33.3 Å². The van der Waals surface area contributed by atoms with E-state index in [2.05, 4.69) is 148 Å². The minimum Gasteiger partial charge on any atom is -0.545 e. The summed E-state index contributed by atoms with van der Waals surface area (Å²) < 4.78 is 22.7. The highest BCUT2D eigenvalue weighted by molar-refractivity contribution is 5.70. The Morgan fingerprint density at radius 2 is 0.713 bits per heavy atom. The second-order valence-electron chi connectivity index (χ2n) is 22.0. The van der Waals surface area contributed by atoms with Gasteiger partial charge in [0.25, 0.3) is 0 Å². The van der Waals surface area contributed by atoms with E-state index in [9.17, 15) is 19.5 Å². The fraction of sp³-hybridized carbons (Fsp3) is 0.648. The van der Waals surface area contributed by atoms with Crippen molar-refractivity contribution in [3.05, 3.63) is 134 Å². The van der Waals surface area contributed by atoms with Crippen molar-refractivity contribution in [2.24, 2.45) is 0 Å². The van der Waals surface area contributed by atoms with Crippen molar-refractivity contribution < 1.29 is 42.9 Å². The monoisotopic (exact) mass is 1110 g/mol. The summed E-state index contributed by atoms with van der Waals surface area (Å²) in [6.07, 6.45) is 83.6. The molecule has 0 fully saturated rings. The number of ether oxygens (including phenoxy) is 4. The lowest BCUT2D eigenvalue weighted by Gasteiger charge is -2.26.